The first-order valence-electron chi connectivity index (χ1n) is 9.71. The van der Waals surface area contributed by atoms with E-state index >= 15 is 0 Å². The molecule has 3 heterocycles. The molecule has 0 aliphatic rings. The van der Waals surface area contributed by atoms with E-state index in [0.717, 1.165) is 0 Å². The molecule has 166 valence electrons. The highest BCUT2D eigenvalue weighted by molar-refractivity contribution is 7.90. The van der Waals surface area contributed by atoms with Gasteiger partial charge >= 0.3 is 6.03 Å². The predicted molar refractivity (Wildman–Crippen MR) is 120 cm³/mol. The SMILES string of the molecule is CCc1nnn(CCNC(=O)Nc2nc3ccc(-c4cccc(S(C)(=O)=O)c4)nc3s2)n1. The quantitative estimate of drug-likeness (QED) is 0.416. The number of fused-ring (bicyclic) bond motifs is 1. The van der Waals surface area contributed by atoms with Crippen molar-refractivity contribution in [3.8, 4) is 11.3 Å². The van der Waals surface area contributed by atoms with Crippen LogP contribution in [0.5, 0.6) is 0 Å². The van der Waals surface area contributed by atoms with Gasteiger partial charge in [-0.2, -0.15) is 4.80 Å². The molecule has 0 unspecified atom stereocenters. The van der Waals surface area contributed by atoms with Gasteiger partial charge in [-0.05, 0) is 29.5 Å². The first-order chi connectivity index (χ1) is 15.3. The Morgan fingerprint density at radius 2 is 2.03 bits per heavy atom. The normalized spacial score (nSPS) is 11.6. The van der Waals surface area contributed by atoms with Gasteiger partial charge in [-0.15, -0.1) is 10.2 Å². The Balaban J connectivity index is 1.42. The van der Waals surface area contributed by atoms with Crippen LogP contribution in [0.25, 0.3) is 21.6 Å². The first kappa shape index (κ1) is 21.8. The van der Waals surface area contributed by atoms with E-state index in [1.54, 1.807) is 36.4 Å². The summed E-state index contributed by atoms with van der Waals surface area (Å²) in [6, 6.07) is 9.76. The fourth-order valence-corrected chi connectivity index (χ4v) is 4.34. The summed E-state index contributed by atoms with van der Waals surface area (Å²) in [5.41, 5.74) is 1.94. The van der Waals surface area contributed by atoms with E-state index in [-0.39, 0.29) is 4.90 Å². The number of tetrazole rings is 1. The highest BCUT2D eigenvalue weighted by Gasteiger charge is 2.12. The molecule has 0 saturated heterocycles. The summed E-state index contributed by atoms with van der Waals surface area (Å²) < 4.78 is 23.6. The van der Waals surface area contributed by atoms with Crippen LogP contribution < -0.4 is 10.6 Å². The molecule has 2 N–H and O–H groups in total. The zero-order valence-electron chi connectivity index (χ0n) is 17.3. The molecule has 0 radical (unpaired) electrons. The molecule has 13 heteroatoms. The van der Waals surface area contributed by atoms with Gasteiger partial charge in [-0.1, -0.05) is 30.4 Å². The maximum atomic E-state index is 12.2. The maximum Gasteiger partial charge on any atom is 0.321 e. The van der Waals surface area contributed by atoms with Crippen molar-refractivity contribution in [1.29, 1.82) is 0 Å². The number of benzene rings is 1. The summed E-state index contributed by atoms with van der Waals surface area (Å²) in [7, 11) is -3.32. The number of amides is 2. The first-order valence-corrected chi connectivity index (χ1v) is 12.4. The van der Waals surface area contributed by atoms with Gasteiger partial charge in [0.25, 0.3) is 0 Å². The monoisotopic (exact) mass is 472 g/mol. The van der Waals surface area contributed by atoms with Crippen LogP contribution in [0.1, 0.15) is 12.7 Å². The zero-order valence-corrected chi connectivity index (χ0v) is 18.9. The molecule has 0 fully saturated rings. The van der Waals surface area contributed by atoms with Crippen molar-refractivity contribution in [3.05, 3.63) is 42.2 Å². The van der Waals surface area contributed by atoms with Gasteiger partial charge in [0, 0.05) is 24.8 Å². The lowest BCUT2D eigenvalue weighted by Crippen LogP contribution is -2.31. The number of sulfone groups is 1. The smallest absolute Gasteiger partial charge is 0.321 e. The number of thiazole rings is 1. The topological polar surface area (TPSA) is 145 Å². The van der Waals surface area contributed by atoms with Crippen molar-refractivity contribution in [1.82, 2.24) is 35.5 Å². The number of rotatable bonds is 7. The van der Waals surface area contributed by atoms with Crippen LogP contribution in [0.4, 0.5) is 9.93 Å². The number of anilines is 1. The molecule has 4 aromatic rings. The van der Waals surface area contributed by atoms with E-state index in [0.29, 0.717) is 52.1 Å². The summed E-state index contributed by atoms with van der Waals surface area (Å²) in [5, 5.41) is 17.8. The number of hydrogen-bond donors (Lipinski definition) is 2. The van der Waals surface area contributed by atoms with Gasteiger partial charge in [0.1, 0.15) is 10.3 Å². The van der Waals surface area contributed by atoms with E-state index in [1.807, 2.05) is 6.92 Å². The highest BCUT2D eigenvalue weighted by Crippen LogP contribution is 2.28. The summed E-state index contributed by atoms with van der Waals surface area (Å²) in [6.45, 7) is 2.67. The Kier molecular flexibility index (Phi) is 6.10. The van der Waals surface area contributed by atoms with E-state index in [9.17, 15) is 13.2 Å². The van der Waals surface area contributed by atoms with E-state index in [2.05, 4.69) is 36.0 Å². The summed E-state index contributed by atoms with van der Waals surface area (Å²) in [6.07, 6.45) is 1.87. The molecule has 32 heavy (non-hydrogen) atoms. The fraction of sp³-hybridized carbons (Fsp3) is 0.263. The highest BCUT2D eigenvalue weighted by atomic mass is 32.2. The molecule has 11 nitrogen and oxygen atoms in total. The van der Waals surface area contributed by atoms with Gasteiger partial charge in [0.2, 0.25) is 0 Å². The molecular weight excluding hydrogens is 452 g/mol. The van der Waals surface area contributed by atoms with Crippen molar-refractivity contribution in [2.45, 2.75) is 24.8 Å². The largest absolute Gasteiger partial charge is 0.336 e. The fourth-order valence-electron chi connectivity index (χ4n) is 2.84. The van der Waals surface area contributed by atoms with Gasteiger partial charge in [-0.25, -0.2) is 23.2 Å². The molecule has 4 rings (SSSR count). The third-order valence-electron chi connectivity index (χ3n) is 4.44. The summed E-state index contributed by atoms with van der Waals surface area (Å²) in [5.74, 6) is 0.652. The minimum Gasteiger partial charge on any atom is -0.336 e. The summed E-state index contributed by atoms with van der Waals surface area (Å²) in [4.78, 5) is 23.4. The Bertz CT molecular complexity index is 1380. The van der Waals surface area contributed by atoms with Gasteiger partial charge in [-0.3, -0.25) is 5.32 Å². The van der Waals surface area contributed by atoms with Crippen LogP contribution in [-0.4, -0.2) is 57.4 Å². The summed E-state index contributed by atoms with van der Waals surface area (Å²) >= 11 is 1.23. The Morgan fingerprint density at radius 1 is 1.19 bits per heavy atom. The molecule has 0 atom stereocenters. The number of aryl methyl sites for hydroxylation is 1. The second-order valence-electron chi connectivity index (χ2n) is 6.88. The average molecular weight is 473 g/mol. The lowest BCUT2D eigenvalue weighted by Gasteiger charge is -2.04. The zero-order chi connectivity index (χ0) is 22.7. The number of nitrogens with one attached hydrogen (secondary N) is 2. The molecule has 0 aliphatic carbocycles. The standard InChI is InChI=1S/C19H20N8O3S2/c1-3-16-24-26-27(25-16)10-9-20-18(28)23-19-22-15-8-7-14(21-17(15)31-19)12-5-4-6-13(11-12)32(2,29)30/h4-8,11H,3,9-10H2,1-2H3,(H2,20,22,23,28). The Labute approximate surface area is 187 Å². The number of urea groups is 1. The predicted octanol–water partition coefficient (Wildman–Crippen LogP) is 2.13. The van der Waals surface area contributed by atoms with Crippen LogP contribution >= 0.6 is 11.3 Å². The van der Waals surface area contributed by atoms with E-state index in [1.165, 1.54) is 22.4 Å². The van der Waals surface area contributed by atoms with Crippen LogP contribution in [0, 0.1) is 0 Å². The molecule has 0 aliphatic heterocycles. The van der Waals surface area contributed by atoms with Crippen LogP contribution in [0.3, 0.4) is 0 Å². The van der Waals surface area contributed by atoms with E-state index < -0.39 is 15.9 Å². The van der Waals surface area contributed by atoms with Crippen molar-refractivity contribution in [3.63, 3.8) is 0 Å². The number of hydrogen-bond acceptors (Lipinski definition) is 9. The van der Waals surface area contributed by atoms with Crippen LogP contribution in [-0.2, 0) is 22.8 Å². The number of pyridine rings is 1. The molecule has 3 aromatic heterocycles. The van der Waals surface area contributed by atoms with Crippen molar-refractivity contribution >= 4 is 42.7 Å². The average Bonchev–Trinajstić information content (AvgIpc) is 3.38. The Hall–Kier alpha value is -3.45. The van der Waals surface area contributed by atoms with Crippen molar-refractivity contribution < 1.29 is 13.2 Å². The third kappa shape index (κ3) is 5.06. The van der Waals surface area contributed by atoms with E-state index in [4.69, 9.17) is 0 Å². The van der Waals surface area contributed by atoms with Gasteiger partial charge < -0.3 is 5.32 Å². The molecule has 0 spiro atoms. The number of nitrogens with zero attached hydrogens (tertiary/aromatic N) is 6. The van der Waals surface area contributed by atoms with Gasteiger partial charge in [0.15, 0.2) is 20.8 Å². The number of aromatic nitrogens is 6. The molecule has 0 saturated carbocycles. The van der Waals surface area contributed by atoms with Gasteiger partial charge in [0.05, 0.1) is 17.1 Å². The molecule has 2 amide bonds. The van der Waals surface area contributed by atoms with Crippen molar-refractivity contribution in [2.75, 3.05) is 18.1 Å². The lowest BCUT2D eigenvalue weighted by molar-refractivity contribution is 0.251. The van der Waals surface area contributed by atoms with Crippen LogP contribution in [0.15, 0.2) is 41.3 Å². The second-order valence-corrected chi connectivity index (χ2v) is 9.87. The maximum absolute atomic E-state index is 12.2. The molecule has 0 bridgehead atoms. The van der Waals surface area contributed by atoms with Crippen molar-refractivity contribution in [2.24, 2.45) is 0 Å². The second kappa shape index (κ2) is 8.96. The molecule has 1 aromatic carbocycles. The minimum atomic E-state index is -3.32. The number of carbonyl (C=O) groups is 1. The lowest BCUT2D eigenvalue weighted by atomic mass is 10.1. The minimum absolute atomic E-state index is 0.229. The molecular formula is C19H20N8O3S2. The Morgan fingerprint density at radius 3 is 2.78 bits per heavy atom. The third-order valence-corrected chi connectivity index (χ3v) is 6.43. The van der Waals surface area contributed by atoms with Crippen LogP contribution in [0.2, 0.25) is 0 Å². The number of carbonyl (C=O) groups excluding carboxylic acids is 1.